The van der Waals surface area contributed by atoms with Crippen LogP contribution in [0, 0.1) is 20.2 Å². The quantitative estimate of drug-likeness (QED) is 0.158. The number of non-ortho nitro benzene ring substituents is 2. The standard InChI is InChI=1S/C28H26F6N2O6/c1-25(2,3)17-13-24(42-22-10-8-16(36(39)40)12-20(22)28(32,33)34)18(26(4,5)6)14-23(17)41-21-9-7-15(35(37)38)11-19(21)27(29,30)31/h7-14H,1-6H3. The molecule has 42 heavy (non-hydrogen) atoms. The Morgan fingerprint density at radius 3 is 1.07 bits per heavy atom. The van der Waals surface area contributed by atoms with Crippen LogP contribution in [0.1, 0.15) is 63.8 Å². The SMILES string of the molecule is CC(C)(C)c1cc(Oc2ccc([N+](=O)[O-])cc2C(F)(F)F)c(C(C)(C)C)cc1Oc1ccc([N+](=O)[O-])cc1C(F)(F)F. The van der Waals surface area contributed by atoms with E-state index < -0.39 is 67.0 Å². The molecule has 0 aliphatic carbocycles. The van der Waals surface area contributed by atoms with Crippen molar-refractivity contribution >= 4 is 11.4 Å². The lowest BCUT2D eigenvalue weighted by Crippen LogP contribution is -2.18. The van der Waals surface area contributed by atoms with Gasteiger partial charge in [-0.25, -0.2) is 0 Å². The van der Waals surface area contributed by atoms with Gasteiger partial charge in [-0.05, 0) is 35.1 Å². The van der Waals surface area contributed by atoms with Crippen molar-refractivity contribution in [3.8, 4) is 23.0 Å². The zero-order chi connectivity index (χ0) is 32.0. The Morgan fingerprint density at radius 1 is 0.524 bits per heavy atom. The van der Waals surface area contributed by atoms with Gasteiger partial charge in [0, 0.05) is 35.4 Å². The van der Waals surface area contributed by atoms with Crippen LogP contribution in [0.3, 0.4) is 0 Å². The minimum absolute atomic E-state index is 0.0844. The first-order valence-corrected chi connectivity index (χ1v) is 12.3. The van der Waals surface area contributed by atoms with Crippen molar-refractivity contribution in [1.29, 1.82) is 0 Å². The van der Waals surface area contributed by atoms with Gasteiger partial charge in [0.15, 0.2) is 0 Å². The summed E-state index contributed by atoms with van der Waals surface area (Å²) in [4.78, 5) is 20.2. The normalized spacial score (nSPS) is 12.7. The summed E-state index contributed by atoms with van der Waals surface area (Å²) in [6.45, 7) is 10.1. The van der Waals surface area contributed by atoms with Crippen LogP contribution in [0.4, 0.5) is 37.7 Å². The molecule has 0 unspecified atom stereocenters. The van der Waals surface area contributed by atoms with Crippen molar-refractivity contribution in [3.05, 3.63) is 91.0 Å². The van der Waals surface area contributed by atoms with E-state index in [2.05, 4.69) is 0 Å². The first-order valence-electron chi connectivity index (χ1n) is 12.3. The lowest BCUT2D eigenvalue weighted by Gasteiger charge is -2.29. The highest BCUT2D eigenvalue weighted by atomic mass is 19.4. The average molecular weight is 601 g/mol. The van der Waals surface area contributed by atoms with Crippen LogP contribution in [-0.4, -0.2) is 9.85 Å². The number of halogens is 6. The fourth-order valence-electron chi connectivity index (χ4n) is 4.02. The van der Waals surface area contributed by atoms with Crippen LogP contribution in [0.5, 0.6) is 23.0 Å². The van der Waals surface area contributed by atoms with Crippen molar-refractivity contribution in [1.82, 2.24) is 0 Å². The molecule has 0 heterocycles. The zero-order valence-electron chi connectivity index (χ0n) is 23.2. The number of nitro benzene ring substituents is 2. The third kappa shape index (κ3) is 7.09. The molecule has 226 valence electrons. The average Bonchev–Trinajstić information content (AvgIpc) is 2.82. The summed E-state index contributed by atoms with van der Waals surface area (Å²) in [6, 6.07) is 6.74. The first-order chi connectivity index (χ1) is 19.0. The Bertz CT molecular complexity index is 1420. The molecule has 3 aromatic carbocycles. The maximum atomic E-state index is 13.9. The van der Waals surface area contributed by atoms with E-state index in [1.165, 1.54) is 12.1 Å². The molecule has 8 nitrogen and oxygen atoms in total. The Balaban J connectivity index is 2.27. The zero-order valence-corrected chi connectivity index (χ0v) is 23.2. The van der Waals surface area contributed by atoms with E-state index in [1.807, 2.05) is 0 Å². The molecule has 0 amide bonds. The van der Waals surface area contributed by atoms with Crippen LogP contribution < -0.4 is 9.47 Å². The lowest BCUT2D eigenvalue weighted by atomic mass is 9.80. The third-order valence-electron chi connectivity index (χ3n) is 6.10. The Morgan fingerprint density at radius 2 is 0.833 bits per heavy atom. The maximum absolute atomic E-state index is 13.9. The number of hydrogen-bond donors (Lipinski definition) is 0. The number of hydrogen-bond acceptors (Lipinski definition) is 6. The molecule has 3 rings (SSSR count). The molecule has 0 bridgehead atoms. The van der Waals surface area contributed by atoms with Crippen molar-refractivity contribution < 1.29 is 45.7 Å². The molecule has 0 spiro atoms. The lowest BCUT2D eigenvalue weighted by molar-refractivity contribution is -0.385. The summed E-state index contributed by atoms with van der Waals surface area (Å²) in [5.74, 6) is -1.61. The molecular weight excluding hydrogens is 574 g/mol. The maximum Gasteiger partial charge on any atom is 0.420 e. The van der Waals surface area contributed by atoms with E-state index in [9.17, 15) is 46.6 Å². The second-order valence-corrected chi connectivity index (χ2v) is 11.4. The van der Waals surface area contributed by atoms with Crippen molar-refractivity contribution in [2.24, 2.45) is 0 Å². The van der Waals surface area contributed by atoms with Gasteiger partial charge in [-0.1, -0.05) is 41.5 Å². The summed E-state index contributed by atoms with van der Waals surface area (Å²) in [5.41, 5.74) is -5.61. The molecule has 0 radical (unpaired) electrons. The molecule has 14 heteroatoms. The number of rotatable bonds is 6. The topological polar surface area (TPSA) is 105 Å². The van der Waals surface area contributed by atoms with Crippen molar-refractivity contribution in [2.45, 2.75) is 64.7 Å². The van der Waals surface area contributed by atoms with Gasteiger partial charge in [-0.2, -0.15) is 26.3 Å². The smallest absolute Gasteiger partial charge is 0.420 e. The fraction of sp³-hybridized carbons (Fsp3) is 0.357. The molecule has 0 fully saturated rings. The van der Waals surface area contributed by atoms with Gasteiger partial charge in [0.1, 0.15) is 34.1 Å². The van der Waals surface area contributed by atoms with Crippen molar-refractivity contribution in [3.63, 3.8) is 0 Å². The molecule has 0 saturated heterocycles. The van der Waals surface area contributed by atoms with Crippen molar-refractivity contribution in [2.75, 3.05) is 0 Å². The molecule has 0 aliphatic rings. The number of nitrogens with zero attached hydrogens (tertiary/aromatic N) is 2. The van der Waals surface area contributed by atoms with E-state index in [0.717, 1.165) is 24.3 Å². The van der Waals surface area contributed by atoms with E-state index in [1.54, 1.807) is 41.5 Å². The number of ether oxygens (including phenoxy) is 2. The first kappa shape index (κ1) is 32.2. The summed E-state index contributed by atoms with van der Waals surface area (Å²) < 4.78 is 94.6. The van der Waals surface area contributed by atoms with Crippen LogP contribution in [0.2, 0.25) is 0 Å². The molecular formula is C28H26F6N2O6. The van der Waals surface area contributed by atoms with Gasteiger partial charge in [-0.15, -0.1) is 0 Å². The minimum atomic E-state index is -5.01. The molecule has 0 aliphatic heterocycles. The summed E-state index contributed by atoms with van der Waals surface area (Å²) >= 11 is 0. The predicted octanol–water partition coefficient (Wildman–Crippen LogP) is 9.72. The summed E-state index contributed by atoms with van der Waals surface area (Å²) in [6.07, 6.45) is -10.0. The van der Waals surface area contributed by atoms with Gasteiger partial charge < -0.3 is 9.47 Å². The van der Waals surface area contributed by atoms with Gasteiger partial charge in [0.2, 0.25) is 0 Å². The highest BCUT2D eigenvalue weighted by Gasteiger charge is 2.39. The van der Waals surface area contributed by atoms with E-state index in [4.69, 9.17) is 9.47 Å². The van der Waals surface area contributed by atoms with E-state index in [0.29, 0.717) is 12.1 Å². The summed E-state index contributed by atoms with van der Waals surface area (Å²) in [7, 11) is 0. The third-order valence-corrected chi connectivity index (χ3v) is 6.10. The molecule has 3 aromatic rings. The largest absolute Gasteiger partial charge is 0.456 e. The number of benzene rings is 3. The molecule has 0 aromatic heterocycles. The highest BCUT2D eigenvalue weighted by Crippen LogP contribution is 2.48. The molecule has 0 atom stereocenters. The fourth-order valence-corrected chi connectivity index (χ4v) is 4.02. The monoisotopic (exact) mass is 600 g/mol. The predicted molar refractivity (Wildman–Crippen MR) is 140 cm³/mol. The highest BCUT2D eigenvalue weighted by molar-refractivity contribution is 5.56. The molecule has 0 N–H and O–H groups in total. The Hall–Kier alpha value is -4.36. The Labute approximate surface area is 236 Å². The van der Waals surface area contributed by atoms with E-state index in [-0.39, 0.29) is 22.6 Å². The minimum Gasteiger partial charge on any atom is -0.456 e. The van der Waals surface area contributed by atoms with Gasteiger partial charge >= 0.3 is 12.4 Å². The second-order valence-electron chi connectivity index (χ2n) is 11.4. The van der Waals surface area contributed by atoms with Gasteiger partial charge in [0.05, 0.1) is 9.85 Å². The second kappa shape index (κ2) is 10.8. The summed E-state index contributed by atoms with van der Waals surface area (Å²) in [5, 5.41) is 22.2. The van der Waals surface area contributed by atoms with E-state index >= 15 is 0 Å². The van der Waals surface area contributed by atoms with Crippen LogP contribution in [0.25, 0.3) is 0 Å². The van der Waals surface area contributed by atoms with Gasteiger partial charge in [0.25, 0.3) is 11.4 Å². The van der Waals surface area contributed by atoms with Crippen LogP contribution in [0.15, 0.2) is 48.5 Å². The van der Waals surface area contributed by atoms with Gasteiger partial charge in [-0.3, -0.25) is 20.2 Å². The molecule has 0 saturated carbocycles. The number of nitro groups is 2. The van der Waals surface area contributed by atoms with Crippen LogP contribution in [-0.2, 0) is 23.2 Å². The number of alkyl halides is 6. The Kier molecular flexibility index (Phi) is 8.27. The van der Waals surface area contributed by atoms with Crippen LogP contribution >= 0.6 is 0 Å².